The first-order chi connectivity index (χ1) is 9.91. The van der Waals surface area contributed by atoms with Crippen LogP contribution in [-0.2, 0) is 14.3 Å². The molecule has 0 unspecified atom stereocenters. The van der Waals surface area contributed by atoms with Gasteiger partial charge in [0.05, 0.1) is 25.2 Å². The molecule has 2 aliphatic rings. The monoisotopic (exact) mass is 298 g/mol. The van der Waals surface area contributed by atoms with Gasteiger partial charge in [-0.2, -0.15) is 0 Å². The third-order valence-electron chi connectivity index (χ3n) is 4.67. The summed E-state index contributed by atoms with van der Waals surface area (Å²) in [6.45, 7) is 5.05. The Morgan fingerprint density at radius 2 is 1.76 bits per heavy atom. The number of piperidine rings is 2. The highest BCUT2D eigenvalue weighted by atomic mass is 16.5. The number of rotatable bonds is 3. The Kier molecular flexibility index (Phi) is 5.22. The van der Waals surface area contributed by atoms with E-state index in [0.29, 0.717) is 45.3 Å². The maximum absolute atomic E-state index is 12.3. The molecule has 2 heterocycles. The third-order valence-corrected chi connectivity index (χ3v) is 4.67. The molecule has 0 aliphatic carbocycles. The van der Waals surface area contributed by atoms with Gasteiger partial charge >= 0.3 is 5.97 Å². The first kappa shape index (κ1) is 16.2. The summed E-state index contributed by atoms with van der Waals surface area (Å²) in [6.07, 6.45) is 2.80. The van der Waals surface area contributed by atoms with Crippen molar-refractivity contribution in [2.75, 3.05) is 39.8 Å². The van der Waals surface area contributed by atoms with Gasteiger partial charge in [0.25, 0.3) is 0 Å². The molecule has 0 bridgehead atoms. The summed E-state index contributed by atoms with van der Waals surface area (Å²) < 4.78 is 4.75. The maximum Gasteiger partial charge on any atom is 0.308 e. The van der Waals surface area contributed by atoms with Crippen LogP contribution < -0.4 is 0 Å². The van der Waals surface area contributed by atoms with Crippen LogP contribution in [0.25, 0.3) is 0 Å². The summed E-state index contributed by atoms with van der Waals surface area (Å²) in [6, 6.07) is 0. The number of hydrogen-bond acceptors (Lipinski definition) is 5. The van der Waals surface area contributed by atoms with Gasteiger partial charge in [-0.1, -0.05) is 0 Å². The predicted molar refractivity (Wildman–Crippen MR) is 77.6 cm³/mol. The largest absolute Gasteiger partial charge is 0.469 e. The fourth-order valence-corrected chi connectivity index (χ4v) is 3.02. The Labute approximate surface area is 126 Å². The van der Waals surface area contributed by atoms with Crippen molar-refractivity contribution < 1.29 is 19.4 Å². The minimum atomic E-state index is -0.585. The lowest BCUT2D eigenvalue weighted by atomic mass is 9.94. The first-order valence-corrected chi connectivity index (χ1v) is 7.71. The number of methoxy groups -OCH3 is 1. The van der Waals surface area contributed by atoms with Gasteiger partial charge in [-0.15, -0.1) is 0 Å². The van der Waals surface area contributed by atoms with Gasteiger partial charge < -0.3 is 14.7 Å². The minimum absolute atomic E-state index is 0.0656. The van der Waals surface area contributed by atoms with Crippen LogP contribution in [0.5, 0.6) is 0 Å². The van der Waals surface area contributed by atoms with Crippen molar-refractivity contribution in [2.45, 2.75) is 38.2 Å². The molecule has 21 heavy (non-hydrogen) atoms. The zero-order valence-corrected chi connectivity index (χ0v) is 13.0. The summed E-state index contributed by atoms with van der Waals surface area (Å²) in [7, 11) is 1.41. The van der Waals surface area contributed by atoms with E-state index in [2.05, 4.69) is 4.90 Å². The molecular weight excluding hydrogens is 272 g/mol. The average molecular weight is 298 g/mol. The number of carbonyl (C=O) groups is 2. The molecule has 0 aromatic heterocycles. The first-order valence-electron chi connectivity index (χ1n) is 7.71. The lowest BCUT2D eigenvalue weighted by Crippen LogP contribution is -2.49. The lowest BCUT2D eigenvalue weighted by molar-refractivity contribution is -0.149. The minimum Gasteiger partial charge on any atom is -0.469 e. The lowest BCUT2D eigenvalue weighted by Gasteiger charge is -2.37. The molecule has 0 atom stereocenters. The van der Waals surface area contributed by atoms with Crippen molar-refractivity contribution in [3.05, 3.63) is 0 Å². The molecular formula is C15H26N2O4. The molecule has 2 rings (SSSR count). The molecule has 1 N–H and O–H groups in total. The molecule has 6 heteroatoms. The molecule has 0 aromatic carbocycles. The second-order valence-corrected chi connectivity index (χ2v) is 6.45. The van der Waals surface area contributed by atoms with Crippen molar-refractivity contribution in [1.82, 2.24) is 9.80 Å². The molecule has 2 saturated heterocycles. The van der Waals surface area contributed by atoms with Gasteiger partial charge in [0.15, 0.2) is 0 Å². The standard InChI is InChI=1S/C15H26N2O4/c1-15(20)5-9-16(10-6-15)11-13(18)17-7-3-12(4-8-17)14(19)21-2/h12,20H,3-11H2,1-2H3. The van der Waals surface area contributed by atoms with Crippen LogP contribution >= 0.6 is 0 Å². The normalized spacial score (nSPS) is 23.9. The van der Waals surface area contributed by atoms with Crippen LogP contribution in [0.4, 0.5) is 0 Å². The number of amides is 1. The molecule has 1 amide bonds. The third kappa shape index (κ3) is 4.41. The Morgan fingerprint density at radius 1 is 1.19 bits per heavy atom. The maximum atomic E-state index is 12.3. The second kappa shape index (κ2) is 6.75. The van der Waals surface area contributed by atoms with E-state index in [1.54, 1.807) is 0 Å². The summed E-state index contributed by atoms with van der Waals surface area (Å²) >= 11 is 0. The van der Waals surface area contributed by atoms with Crippen LogP contribution in [0.2, 0.25) is 0 Å². The van der Waals surface area contributed by atoms with Crippen LogP contribution in [0, 0.1) is 5.92 Å². The van der Waals surface area contributed by atoms with Crippen molar-refractivity contribution >= 4 is 11.9 Å². The highest BCUT2D eigenvalue weighted by Gasteiger charge is 2.31. The average Bonchev–Trinajstić information content (AvgIpc) is 2.48. The molecule has 0 spiro atoms. The fourth-order valence-electron chi connectivity index (χ4n) is 3.02. The van der Waals surface area contributed by atoms with E-state index in [1.165, 1.54) is 7.11 Å². The van der Waals surface area contributed by atoms with Crippen molar-refractivity contribution in [3.8, 4) is 0 Å². The molecule has 0 aromatic rings. The van der Waals surface area contributed by atoms with Crippen LogP contribution in [0.1, 0.15) is 32.6 Å². The molecule has 2 aliphatic heterocycles. The Balaban J connectivity index is 1.74. The fraction of sp³-hybridized carbons (Fsp3) is 0.867. The zero-order valence-electron chi connectivity index (χ0n) is 13.0. The van der Waals surface area contributed by atoms with Crippen LogP contribution in [0.3, 0.4) is 0 Å². The van der Waals surface area contributed by atoms with Crippen LogP contribution in [-0.4, -0.2) is 72.2 Å². The van der Waals surface area contributed by atoms with E-state index in [1.807, 2.05) is 11.8 Å². The predicted octanol–water partition coefficient (Wildman–Crippen LogP) is 0.245. The topological polar surface area (TPSA) is 70.1 Å². The van der Waals surface area contributed by atoms with E-state index in [9.17, 15) is 14.7 Å². The molecule has 0 radical (unpaired) electrons. The number of likely N-dealkylation sites (tertiary alicyclic amines) is 2. The van der Waals surface area contributed by atoms with E-state index in [-0.39, 0.29) is 17.8 Å². The number of nitrogens with zero attached hydrogens (tertiary/aromatic N) is 2. The van der Waals surface area contributed by atoms with Gasteiger partial charge in [-0.25, -0.2) is 0 Å². The summed E-state index contributed by atoms with van der Waals surface area (Å²) in [5.41, 5.74) is -0.585. The van der Waals surface area contributed by atoms with E-state index in [4.69, 9.17) is 4.74 Å². The Bertz CT molecular complexity index is 379. The van der Waals surface area contributed by atoms with Crippen LogP contribution in [0.15, 0.2) is 0 Å². The summed E-state index contributed by atoms with van der Waals surface area (Å²) in [5, 5.41) is 9.91. The number of aliphatic hydroxyl groups is 1. The van der Waals surface area contributed by atoms with Crippen molar-refractivity contribution in [2.24, 2.45) is 5.92 Å². The number of hydrogen-bond donors (Lipinski definition) is 1. The smallest absolute Gasteiger partial charge is 0.308 e. The number of carbonyl (C=O) groups excluding carboxylic acids is 2. The van der Waals surface area contributed by atoms with E-state index < -0.39 is 5.60 Å². The highest BCUT2D eigenvalue weighted by Crippen LogP contribution is 2.22. The number of ether oxygens (including phenoxy) is 1. The molecule has 0 saturated carbocycles. The second-order valence-electron chi connectivity index (χ2n) is 6.45. The van der Waals surface area contributed by atoms with Crippen molar-refractivity contribution in [3.63, 3.8) is 0 Å². The van der Waals surface area contributed by atoms with E-state index in [0.717, 1.165) is 13.1 Å². The van der Waals surface area contributed by atoms with E-state index >= 15 is 0 Å². The quantitative estimate of drug-likeness (QED) is 0.756. The molecule has 2 fully saturated rings. The Morgan fingerprint density at radius 3 is 2.29 bits per heavy atom. The Hall–Kier alpha value is -1.14. The molecule has 120 valence electrons. The van der Waals surface area contributed by atoms with Crippen molar-refractivity contribution in [1.29, 1.82) is 0 Å². The van der Waals surface area contributed by atoms with Gasteiger partial charge in [-0.05, 0) is 32.6 Å². The van der Waals surface area contributed by atoms with Gasteiger partial charge in [0.2, 0.25) is 5.91 Å². The highest BCUT2D eigenvalue weighted by molar-refractivity contribution is 5.79. The summed E-state index contributed by atoms with van der Waals surface area (Å²) in [5.74, 6) is -0.107. The SMILES string of the molecule is COC(=O)C1CCN(C(=O)CN2CCC(C)(O)CC2)CC1. The van der Waals surface area contributed by atoms with Gasteiger partial charge in [-0.3, -0.25) is 14.5 Å². The molecule has 6 nitrogen and oxygen atoms in total. The summed E-state index contributed by atoms with van der Waals surface area (Å²) in [4.78, 5) is 27.7. The van der Waals surface area contributed by atoms with Gasteiger partial charge in [0.1, 0.15) is 0 Å². The zero-order chi connectivity index (χ0) is 15.5. The number of esters is 1. The van der Waals surface area contributed by atoms with Gasteiger partial charge in [0, 0.05) is 26.2 Å².